The third-order valence-corrected chi connectivity index (χ3v) is 3.27. The lowest BCUT2D eigenvalue weighted by atomic mass is 10.1. The van der Waals surface area contributed by atoms with Gasteiger partial charge in [-0.3, -0.25) is 0 Å². The molecule has 0 aliphatic carbocycles. The highest BCUT2D eigenvalue weighted by Gasteiger charge is 2.12. The summed E-state index contributed by atoms with van der Waals surface area (Å²) in [6, 6.07) is 0. The second-order valence-corrected chi connectivity index (χ2v) is 4.89. The lowest BCUT2D eigenvalue weighted by molar-refractivity contribution is 0.196. The molecule has 1 aromatic rings. The molecular formula is C15H27N3O. The van der Waals surface area contributed by atoms with Crippen LogP contribution in [0.1, 0.15) is 58.4 Å². The van der Waals surface area contributed by atoms with Gasteiger partial charge in [-0.1, -0.05) is 33.1 Å². The van der Waals surface area contributed by atoms with Crippen LogP contribution in [0.3, 0.4) is 0 Å². The van der Waals surface area contributed by atoms with Crippen LogP contribution < -0.4 is 10.1 Å². The number of anilines is 1. The molecule has 0 aliphatic heterocycles. The molecule has 0 radical (unpaired) electrons. The molecular weight excluding hydrogens is 238 g/mol. The first-order chi connectivity index (χ1) is 9.22. The van der Waals surface area contributed by atoms with Gasteiger partial charge < -0.3 is 10.1 Å². The maximum Gasteiger partial charge on any atom is 0.222 e. The molecule has 4 heteroatoms. The van der Waals surface area contributed by atoms with E-state index in [2.05, 4.69) is 36.1 Å². The standard InChI is InChI=1S/C15H27N3O/c1-5-7-8-9-10-12(3)19-15-13(6-2)14(16-4)17-11-18-15/h11-12H,5-10H2,1-4H3,(H,16,17,18). The van der Waals surface area contributed by atoms with Crippen molar-refractivity contribution in [3.05, 3.63) is 11.9 Å². The molecule has 0 aromatic carbocycles. The third-order valence-electron chi connectivity index (χ3n) is 3.27. The average Bonchev–Trinajstić information content (AvgIpc) is 2.43. The second kappa shape index (κ2) is 8.73. The molecule has 0 fully saturated rings. The van der Waals surface area contributed by atoms with Crippen molar-refractivity contribution in [3.8, 4) is 5.88 Å². The Morgan fingerprint density at radius 2 is 2.00 bits per heavy atom. The minimum atomic E-state index is 0.210. The summed E-state index contributed by atoms with van der Waals surface area (Å²) in [6.07, 6.45) is 8.82. The Bertz CT molecular complexity index is 368. The zero-order chi connectivity index (χ0) is 14.1. The van der Waals surface area contributed by atoms with Crippen LogP contribution in [0.2, 0.25) is 0 Å². The fraction of sp³-hybridized carbons (Fsp3) is 0.733. The Morgan fingerprint density at radius 3 is 2.63 bits per heavy atom. The van der Waals surface area contributed by atoms with Gasteiger partial charge in [-0.05, 0) is 26.2 Å². The molecule has 1 aromatic heterocycles. The number of rotatable bonds is 9. The monoisotopic (exact) mass is 265 g/mol. The van der Waals surface area contributed by atoms with Gasteiger partial charge in [0.1, 0.15) is 12.1 Å². The van der Waals surface area contributed by atoms with E-state index in [1.54, 1.807) is 6.33 Å². The molecule has 0 aliphatic rings. The van der Waals surface area contributed by atoms with E-state index in [0.29, 0.717) is 0 Å². The molecule has 1 rings (SSSR count). The summed E-state index contributed by atoms with van der Waals surface area (Å²) in [6.45, 7) is 6.44. The zero-order valence-electron chi connectivity index (χ0n) is 12.7. The molecule has 1 heterocycles. The Labute approximate surface area is 117 Å². The summed E-state index contributed by atoms with van der Waals surface area (Å²) in [4.78, 5) is 8.49. The van der Waals surface area contributed by atoms with Crippen molar-refractivity contribution in [2.24, 2.45) is 0 Å². The summed E-state index contributed by atoms with van der Waals surface area (Å²) in [5, 5.41) is 3.09. The minimum Gasteiger partial charge on any atom is -0.474 e. The van der Waals surface area contributed by atoms with Gasteiger partial charge in [-0.15, -0.1) is 0 Å². The van der Waals surface area contributed by atoms with Crippen molar-refractivity contribution < 1.29 is 4.74 Å². The Morgan fingerprint density at radius 1 is 1.21 bits per heavy atom. The van der Waals surface area contributed by atoms with Crippen molar-refractivity contribution in [3.63, 3.8) is 0 Å². The number of nitrogens with one attached hydrogen (secondary N) is 1. The maximum absolute atomic E-state index is 5.97. The molecule has 0 amide bonds. The van der Waals surface area contributed by atoms with Crippen LogP contribution >= 0.6 is 0 Å². The van der Waals surface area contributed by atoms with Crippen molar-refractivity contribution in [2.75, 3.05) is 12.4 Å². The number of unbranched alkanes of at least 4 members (excludes halogenated alkanes) is 3. The lowest BCUT2D eigenvalue weighted by Crippen LogP contribution is -2.14. The van der Waals surface area contributed by atoms with E-state index < -0.39 is 0 Å². The predicted octanol–water partition coefficient (Wildman–Crippen LogP) is 3.82. The first-order valence-corrected chi connectivity index (χ1v) is 7.41. The number of ether oxygens (including phenoxy) is 1. The van der Waals surface area contributed by atoms with Gasteiger partial charge in [0.25, 0.3) is 0 Å². The van der Waals surface area contributed by atoms with Crippen LogP contribution in [0.5, 0.6) is 5.88 Å². The average molecular weight is 265 g/mol. The normalized spacial score (nSPS) is 12.2. The summed E-state index contributed by atoms with van der Waals surface area (Å²) in [5.41, 5.74) is 1.06. The van der Waals surface area contributed by atoms with Crippen LogP contribution in [0.4, 0.5) is 5.82 Å². The van der Waals surface area contributed by atoms with E-state index in [4.69, 9.17) is 4.74 Å². The first kappa shape index (κ1) is 15.7. The second-order valence-electron chi connectivity index (χ2n) is 4.89. The Hall–Kier alpha value is -1.32. The fourth-order valence-corrected chi connectivity index (χ4v) is 2.14. The molecule has 4 nitrogen and oxygen atoms in total. The van der Waals surface area contributed by atoms with Crippen LogP contribution in [-0.4, -0.2) is 23.1 Å². The molecule has 0 bridgehead atoms. The van der Waals surface area contributed by atoms with E-state index in [1.807, 2.05) is 7.05 Å². The van der Waals surface area contributed by atoms with E-state index in [1.165, 1.54) is 25.7 Å². The summed E-state index contributed by atoms with van der Waals surface area (Å²) < 4.78 is 5.97. The third kappa shape index (κ3) is 5.05. The van der Waals surface area contributed by atoms with Gasteiger partial charge in [0, 0.05) is 7.05 Å². The number of hydrogen-bond donors (Lipinski definition) is 1. The summed E-state index contributed by atoms with van der Waals surface area (Å²) >= 11 is 0. The van der Waals surface area contributed by atoms with Crippen LogP contribution in [0.25, 0.3) is 0 Å². The maximum atomic E-state index is 5.97. The molecule has 0 spiro atoms. The van der Waals surface area contributed by atoms with Gasteiger partial charge >= 0.3 is 0 Å². The van der Waals surface area contributed by atoms with Crippen molar-refractivity contribution in [1.29, 1.82) is 0 Å². The van der Waals surface area contributed by atoms with Crippen LogP contribution in [0.15, 0.2) is 6.33 Å². The van der Waals surface area contributed by atoms with Gasteiger partial charge in [0.05, 0.1) is 11.7 Å². The topological polar surface area (TPSA) is 47.0 Å². The van der Waals surface area contributed by atoms with Crippen molar-refractivity contribution in [1.82, 2.24) is 9.97 Å². The van der Waals surface area contributed by atoms with E-state index >= 15 is 0 Å². The van der Waals surface area contributed by atoms with Crippen LogP contribution in [0, 0.1) is 0 Å². The molecule has 0 saturated carbocycles. The summed E-state index contributed by atoms with van der Waals surface area (Å²) in [7, 11) is 1.87. The van der Waals surface area contributed by atoms with Gasteiger partial charge in [-0.25, -0.2) is 9.97 Å². The molecule has 108 valence electrons. The summed E-state index contributed by atoms with van der Waals surface area (Å²) in [5.74, 6) is 1.59. The largest absolute Gasteiger partial charge is 0.474 e. The van der Waals surface area contributed by atoms with E-state index in [9.17, 15) is 0 Å². The molecule has 1 atom stereocenters. The molecule has 0 saturated heterocycles. The van der Waals surface area contributed by atoms with Crippen molar-refractivity contribution >= 4 is 5.82 Å². The highest BCUT2D eigenvalue weighted by atomic mass is 16.5. The first-order valence-electron chi connectivity index (χ1n) is 7.41. The minimum absolute atomic E-state index is 0.210. The van der Waals surface area contributed by atoms with Crippen LogP contribution in [-0.2, 0) is 6.42 Å². The SMILES string of the molecule is CCCCCCC(C)Oc1ncnc(NC)c1CC. The quantitative estimate of drug-likeness (QED) is 0.690. The number of aromatic nitrogens is 2. The highest BCUT2D eigenvalue weighted by Crippen LogP contribution is 2.23. The lowest BCUT2D eigenvalue weighted by Gasteiger charge is -2.17. The van der Waals surface area contributed by atoms with Gasteiger partial charge in [-0.2, -0.15) is 0 Å². The molecule has 19 heavy (non-hydrogen) atoms. The fourth-order valence-electron chi connectivity index (χ4n) is 2.14. The smallest absolute Gasteiger partial charge is 0.222 e. The van der Waals surface area contributed by atoms with Crippen molar-refractivity contribution in [2.45, 2.75) is 65.4 Å². The molecule has 1 N–H and O–H groups in total. The molecule has 1 unspecified atom stereocenters. The highest BCUT2D eigenvalue weighted by molar-refractivity contribution is 5.48. The Balaban J connectivity index is 2.56. The van der Waals surface area contributed by atoms with E-state index in [-0.39, 0.29) is 6.10 Å². The van der Waals surface area contributed by atoms with Gasteiger partial charge in [0.2, 0.25) is 5.88 Å². The predicted molar refractivity (Wildman–Crippen MR) is 79.8 cm³/mol. The van der Waals surface area contributed by atoms with E-state index in [0.717, 1.165) is 30.1 Å². The Kier molecular flexibility index (Phi) is 7.23. The number of hydrogen-bond acceptors (Lipinski definition) is 4. The number of nitrogens with zero attached hydrogens (tertiary/aromatic N) is 2. The van der Waals surface area contributed by atoms with Gasteiger partial charge in [0.15, 0.2) is 0 Å². The zero-order valence-corrected chi connectivity index (χ0v) is 12.7.